The van der Waals surface area contributed by atoms with E-state index in [4.69, 9.17) is 5.73 Å². The molecule has 0 bridgehead atoms. The third-order valence-electron chi connectivity index (χ3n) is 6.46. The molecule has 0 radical (unpaired) electrons. The molecule has 4 unspecified atom stereocenters. The van der Waals surface area contributed by atoms with Crippen LogP contribution in [0.2, 0.25) is 0 Å². The van der Waals surface area contributed by atoms with E-state index in [9.17, 15) is 34.8 Å². The second-order valence-corrected chi connectivity index (χ2v) is 8.27. The van der Waals surface area contributed by atoms with E-state index < -0.39 is 58.0 Å². The van der Waals surface area contributed by atoms with E-state index in [0.29, 0.717) is 12.0 Å². The number of nitrogens with zero attached hydrogens (tertiary/aromatic N) is 1. The standard InChI is InChI=1S/C21H22N2O7.ClH/c1-23(2)15-10-7-9-6-8-4-3-5-11(24)12(8)16(25)13(9)18(27)21(10,30)19(28)14(17(15)26)20(22)29;/h3-5,9-10,15,24-25,28,30H,6-7H2,1-2H3,(H2,22,29);1H. The molecule has 1 saturated carbocycles. The Hall–Kier alpha value is -2.88. The van der Waals surface area contributed by atoms with Crippen molar-refractivity contribution in [2.75, 3.05) is 14.1 Å². The number of benzene rings is 1. The van der Waals surface area contributed by atoms with Crippen LogP contribution in [0.25, 0.3) is 5.76 Å². The number of rotatable bonds is 2. The number of nitrogens with two attached hydrogens (primary N) is 1. The zero-order chi connectivity index (χ0) is 22.1. The van der Waals surface area contributed by atoms with Crippen LogP contribution in [0.3, 0.4) is 0 Å². The molecule has 9 nitrogen and oxygen atoms in total. The lowest BCUT2D eigenvalue weighted by Crippen LogP contribution is -2.65. The number of hydrogen-bond acceptors (Lipinski definition) is 8. The van der Waals surface area contributed by atoms with Gasteiger partial charge in [0.1, 0.15) is 22.8 Å². The number of ketones is 2. The Morgan fingerprint density at radius 3 is 2.42 bits per heavy atom. The normalized spacial score (nSPS) is 29.9. The minimum absolute atomic E-state index is 0. The summed E-state index contributed by atoms with van der Waals surface area (Å²) in [6, 6.07) is 3.62. The molecule has 3 aliphatic carbocycles. The quantitative estimate of drug-likeness (QED) is 0.404. The first kappa shape index (κ1) is 22.8. The third-order valence-corrected chi connectivity index (χ3v) is 6.46. The number of Topliss-reactive ketones (excluding diaryl/α,β-unsaturated/α-hetero) is 2. The van der Waals surface area contributed by atoms with Crippen molar-refractivity contribution in [3.8, 4) is 5.75 Å². The fourth-order valence-electron chi connectivity index (χ4n) is 5.18. The van der Waals surface area contributed by atoms with Crippen molar-refractivity contribution in [1.29, 1.82) is 0 Å². The first-order chi connectivity index (χ1) is 14.0. The average Bonchev–Trinajstić information content (AvgIpc) is 2.64. The first-order valence-corrected chi connectivity index (χ1v) is 9.47. The molecule has 0 spiro atoms. The van der Waals surface area contributed by atoms with Gasteiger partial charge in [-0.2, -0.15) is 0 Å². The number of aliphatic hydroxyl groups excluding tert-OH is 2. The smallest absolute Gasteiger partial charge is 0.255 e. The maximum Gasteiger partial charge on any atom is 0.255 e. The molecular weight excluding hydrogens is 428 g/mol. The van der Waals surface area contributed by atoms with Gasteiger partial charge in [-0.3, -0.25) is 19.3 Å². The summed E-state index contributed by atoms with van der Waals surface area (Å²) in [5.74, 6) is -6.43. The molecule has 4 atom stereocenters. The van der Waals surface area contributed by atoms with Gasteiger partial charge < -0.3 is 26.2 Å². The molecule has 1 aromatic rings. The number of phenolic OH excluding ortho intramolecular Hbond substituents is 1. The van der Waals surface area contributed by atoms with Crippen molar-refractivity contribution < 1.29 is 34.8 Å². The Morgan fingerprint density at radius 2 is 1.84 bits per heavy atom. The van der Waals surface area contributed by atoms with Crippen LogP contribution < -0.4 is 5.73 Å². The van der Waals surface area contributed by atoms with Crippen molar-refractivity contribution in [3.63, 3.8) is 0 Å². The lowest BCUT2D eigenvalue weighted by atomic mass is 9.57. The van der Waals surface area contributed by atoms with Crippen LogP contribution in [-0.4, -0.2) is 68.5 Å². The van der Waals surface area contributed by atoms with E-state index in [1.165, 1.54) is 11.0 Å². The molecule has 4 rings (SSSR count). The summed E-state index contributed by atoms with van der Waals surface area (Å²) in [7, 11) is 3.12. The van der Waals surface area contributed by atoms with Gasteiger partial charge in [0.15, 0.2) is 11.4 Å². The Labute approximate surface area is 183 Å². The molecule has 6 N–H and O–H groups in total. The number of phenols is 1. The van der Waals surface area contributed by atoms with E-state index in [1.807, 2.05) is 0 Å². The number of aliphatic hydroxyl groups is 3. The number of halogens is 1. The Bertz CT molecular complexity index is 1080. The summed E-state index contributed by atoms with van der Waals surface area (Å²) in [6.07, 6.45) is 0.379. The van der Waals surface area contributed by atoms with Crippen LogP contribution in [-0.2, 0) is 20.8 Å². The van der Waals surface area contributed by atoms with Crippen molar-refractivity contribution in [2.24, 2.45) is 17.6 Å². The predicted molar refractivity (Wildman–Crippen MR) is 111 cm³/mol. The summed E-state index contributed by atoms with van der Waals surface area (Å²) in [4.78, 5) is 39.7. The van der Waals surface area contributed by atoms with Gasteiger partial charge in [-0.25, -0.2) is 0 Å². The highest BCUT2D eigenvalue weighted by molar-refractivity contribution is 6.24. The Morgan fingerprint density at radius 1 is 1.19 bits per heavy atom. The van der Waals surface area contributed by atoms with E-state index in [-0.39, 0.29) is 35.7 Å². The van der Waals surface area contributed by atoms with E-state index in [1.54, 1.807) is 26.2 Å². The van der Waals surface area contributed by atoms with Gasteiger partial charge >= 0.3 is 0 Å². The molecule has 0 heterocycles. The number of primary amides is 1. The fourth-order valence-corrected chi connectivity index (χ4v) is 5.18. The molecule has 1 aromatic carbocycles. The lowest BCUT2D eigenvalue weighted by Gasteiger charge is -2.50. The van der Waals surface area contributed by atoms with Gasteiger partial charge in [-0.1, -0.05) is 12.1 Å². The zero-order valence-corrected chi connectivity index (χ0v) is 17.6. The van der Waals surface area contributed by atoms with Gasteiger partial charge in [0.2, 0.25) is 5.78 Å². The summed E-state index contributed by atoms with van der Waals surface area (Å²) >= 11 is 0. The van der Waals surface area contributed by atoms with E-state index in [0.717, 1.165) is 0 Å². The van der Waals surface area contributed by atoms with Gasteiger partial charge in [-0.15, -0.1) is 12.4 Å². The van der Waals surface area contributed by atoms with Crippen LogP contribution in [0.4, 0.5) is 0 Å². The topological polar surface area (TPSA) is 161 Å². The highest BCUT2D eigenvalue weighted by Gasteiger charge is 2.64. The molecular formula is C21H23ClN2O7. The lowest BCUT2D eigenvalue weighted by molar-refractivity contribution is -0.153. The SMILES string of the molecule is CN(C)C1C(=O)C(C(N)=O)=C(O)C2(O)C(=O)C3=C(O)c4c(O)cccc4CC3CC12.Cl. The molecule has 0 saturated heterocycles. The fraction of sp³-hybridized carbons (Fsp3) is 0.381. The molecule has 10 heteroatoms. The minimum Gasteiger partial charge on any atom is -0.508 e. The van der Waals surface area contributed by atoms with Crippen molar-refractivity contribution in [1.82, 2.24) is 4.90 Å². The number of fused-ring (bicyclic) bond motifs is 3. The second kappa shape index (κ2) is 7.37. The number of likely N-dealkylation sites (N-methyl/N-ethyl adjacent to an activating group) is 1. The van der Waals surface area contributed by atoms with Crippen molar-refractivity contribution in [3.05, 3.63) is 46.2 Å². The average molecular weight is 451 g/mol. The highest BCUT2D eigenvalue weighted by atomic mass is 35.5. The minimum atomic E-state index is -2.60. The number of carbonyl (C=O) groups excluding carboxylic acids is 3. The first-order valence-electron chi connectivity index (χ1n) is 9.47. The largest absolute Gasteiger partial charge is 0.508 e. The Kier molecular flexibility index (Phi) is 5.42. The molecule has 0 aliphatic heterocycles. The van der Waals surface area contributed by atoms with Crippen LogP contribution in [0, 0.1) is 11.8 Å². The molecule has 1 fully saturated rings. The van der Waals surface area contributed by atoms with Crippen LogP contribution >= 0.6 is 12.4 Å². The summed E-state index contributed by atoms with van der Waals surface area (Å²) in [5.41, 5.74) is 2.41. The summed E-state index contributed by atoms with van der Waals surface area (Å²) in [6.45, 7) is 0. The number of carbonyl (C=O) groups is 3. The summed E-state index contributed by atoms with van der Waals surface area (Å²) in [5, 5.41) is 43.1. The maximum atomic E-state index is 13.5. The highest BCUT2D eigenvalue weighted by Crippen LogP contribution is 2.52. The third kappa shape index (κ3) is 2.88. The molecule has 31 heavy (non-hydrogen) atoms. The van der Waals surface area contributed by atoms with Crippen LogP contribution in [0.1, 0.15) is 17.5 Å². The maximum absolute atomic E-state index is 13.5. The van der Waals surface area contributed by atoms with Gasteiger partial charge in [0.05, 0.1) is 11.6 Å². The number of aromatic hydroxyl groups is 1. The monoisotopic (exact) mass is 450 g/mol. The second-order valence-electron chi connectivity index (χ2n) is 8.27. The molecule has 0 aromatic heterocycles. The number of hydrogen-bond donors (Lipinski definition) is 5. The summed E-state index contributed by atoms with van der Waals surface area (Å²) < 4.78 is 0. The molecule has 166 valence electrons. The Balaban J connectivity index is 0.00000272. The zero-order valence-electron chi connectivity index (χ0n) is 16.8. The van der Waals surface area contributed by atoms with Crippen LogP contribution in [0.5, 0.6) is 5.75 Å². The number of amides is 1. The van der Waals surface area contributed by atoms with Crippen molar-refractivity contribution >= 4 is 35.6 Å². The van der Waals surface area contributed by atoms with Crippen LogP contribution in [0.15, 0.2) is 35.1 Å². The van der Waals surface area contributed by atoms with Crippen molar-refractivity contribution in [2.45, 2.75) is 24.5 Å². The molecule has 3 aliphatic rings. The van der Waals surface area contributed by atoms with Gasteiger partial charge in [0.25, 0.3) is 5.91 Å². The van der Waals surface area contributed by atoms with E-state index in [2.05, 4.69) is 0 Å². The van der Waals surface area contributed by atoms with Gasteiger partial charge in [-0.05, 0) is 44.5 Å². The molecule has 1 amide bonds. The van der Waals surface area contributed by atoms with Gasteiger partial charge in [0, 0.05) is 11.5 Å². The predicted octanol–water partition coefficient (Wildman–Crippen LogP) is 0.386. The van der Waals surface area contributed by atoms with E-state index >= 15 is 0 Å².